The summed E-state index contributed by atoms with van der Waals surface area (Å²) in [5.41, 5.74) is 7.66. The van der Waals surface area contributed by atoms with Crippen molar-refractivity contribution in [2.24, 2.45) is 16.8 Å². The molecule has 0 aromatic heterocycles. The van der Waals surface area contributed by atoms with Crippen LogP contribution in [0.2, 0.25) is 0 Å². The molecule has 3 N–H and O–H groups in total. The van der Waals surface area contributed by atoms with Crippen molar-refractivity contribution in [3.05, 3.63) is 29.3 Å². The molecule has 0 unspecified atom stereocenters. The average Bonchev–Trinajstić information content (AvgIpc) is 2.28. The van der Waals surface area contributed by atoms with Gasteiger partial charge >= 0.3 is 0 Å². The van der Waals surface area contributed by atoms with E-state index in [9.17, 15) is 0 Å². The second-order valence-corrected chi connectivity index (χ2v) is 5.65. The minimum atomic E-state index is 0.178. The fraction of sp³-hybridized carbons (Fsp3) is 0.462. The van der Waals surface area contributed by atoms with Gasteiger partial charge in [0.2, 0.25) is 0 Å². The van der Waals surface area contributed by atoms with Gasteiger partial charge in [-0.15, -0.1) is 11.8 Å². The van der Waals surface area contributed by atoms with Crippen LogP contribution in [0.1, 0.15) is 31.4 Å². The van der Waals surface area contributed by atoms with E-state index in [0.29, 0.717) is 5.92 Å². The lowest BCUT2D eigenvalue weighted by Crippen LogP contribution is -2.14. The lowest BCUT2D eigenvalue weighted by Gasteiger charge is -2.10. The second kappa shape index (κ2) is 6.55. The van der Waals surface area contributed by atoms with E-state index in [0.717, 1.165) is 22.6 Å². The lowest BCUT2D eigenvalue weighted by atomic mass is 10.1. The van der Waals surface area contributed by atoms with Crippen LogP contribution in [0.3, 0.4) is 0 Å². The maximum absolute atomic E-state index is 8.75. The number of benzene rings is 1. The Labute approximate surface area is 107 Å². The van der Waals surface area contributed by atoms with Crippen LogP contribution in [-0.4, -0.2) is 16.8 Å². The van der Waals surface area contributed by atoms with Crippen molar-refractivity contribution in [2.75, 3.05) is 5.75 Å². The molecule has 0 heterocycles. The average molecular weight is 252 g/mol. The maximum atomic E-state index is 8.75. The summed E-state index contributed by atoms with van der Waals surface area (Å²) in [5.74, 6) is 1.92. The number of hydrogen-bond donors (Lipinski definition) is 2. The smallest absolute Gasteiger partial charge is 0.171 e. The van der Waals surface area contributed by atoms with Crippen molar-refractivity contribution in [1.82, 2.24) is 0 Å². The number of nitrogens with two attached hydrogens (primary N) is 1. The summed E-state index contributed by atoms with van der Waals surface area (Å²) in [6.07, 6.45) is 1.16. The third kappa shape index (κ3) is 4.30. The van der Waals surface area contributed by atoms with E-state index >= 15 is 0 Å². The Balaban J connectivity index is 2.84. The summed E-state index contributed by atoms with van der Waals surface area (Å²) in [5, 5.41) is 11.8. The monoisotopic (exact) mass is 252 g/mol. The van der Waals surface area contributed by atoms with Crippen molar-refractivity contribution in [3.63, 3.8) is 0 Å². The standard InChI is InChI=1S/C13H20N2OS/c1-9(2)6-7-17-12-8-10(3)4-5-11(12)13(14)15-16/h4-5,8-9,16H,6-7H2,1-3H3,(H2,14,15). The Hall–Kier alpha value is -1.16. The zero-order chi connectivity index (χ0) is 12.8. The highest BCUT2D eigenvalue weighted by atomic mass is 32.2. The van der Waals surface area contributed by atoms with E-state index in [1.165, 1.54) is 5.56 Å². The molecule has 0 saturated heterocycles. The van der Waals surface area contributed by atoms with Crippen LogP contribution >= 0.6 is 11.8 Å². The molecule has 94 valence electrons. The topological polar surface area (TPSA) is 58.6 Å². The third-order valence-corrected chi connectivity index (χ3v) is 3.56. The van der Waals surface area contributed by atoms with Crippen molar-refractivity contribution >= 4 is 17.6 Å². The van der Waals surface area contributed by atoms with Gasteiger partial charge in [-0.2, -0.15) is 0 Å². The molecular formula is C13H20N2OS. The van der Waals surface area contributed by atoms with E-state index < -0.39 is 0 Å². The van der Waals surface area contributed by atoms with Gasteiger partial charge in [0.1, 0.15) is 0 Å². The molecule has 1 aromatic carbocycles. The number of rotatable bonds is 5. The Morgan fingerprint density at radius 1 is 1.47 bits per heavy atom. The summed E-state index contributed by atoms with van der Waals surface area (Å²) >= 11 is 1.76. The Morgan fingerprint density at radius 2 is 2.18 bits per heavy atom. The minimum absolute atomic E-state index is 0.178. The number of nitrogens with zero attached hydrogens (tertiary/aromatic N) is 1. The number of thioether (sulfide) groups is 1. The molecule has 17 heavy (non-hydrogen) atoms. The van der Waals surface area contributed by atoms with Crippen LogP contribution in [0.25, 0.3) is 0 Å². The molecule has 0 amide bonds. The fourth-order valence-electron chi connectivity index (χ4n) is 1.42. The van der Waals surface area contributed by atoms with Crippen LogP contribution in [0.15, 0.2) is 28.3 Å². The van der Waals surface area contributed by atoms with Crippen LogP contribution in [-0.2, 0) is 0 Å². The van der Waals surface area contributed by atoms with E-state index in [1.54, 1.807) is 11.8 Å². The van der Waals surface area contributed by atoms with E-state index in [2.05, 4.69) is 25.1 Å². The van der Waals surface area contributed by atoms with Gasteiger partial charge in [-0.1, -0.05) is 25.1 Å². The minimum Gasteiger partial charge on any atom is -0.409 e. The fourth-order valence-corrected chi connectivity index (χ4v) is 2.83. The first-order valence-electron chi connectivity index (χ1n) is 5.76. The van der Waals surface area contributed by atoms with E-state index in [4.69, 9.17) is 10.9 Å². The molecular weight excluding hydrogens is 232 g/mol. The second-order valence-electron chi connectivity index (χ2n) is 4.52. The van der Waals surface area contributed by atoms with Gasteiger partial charge in [0.15, 0.2) is 5.84 Å². The van der Waals surface area contributed by atoms with Gasteiger partial charge in [0.05, 0.1) is 0 Å². The Kier molecular flexibility index (Phi) is 5.35. The molecule has 0 fully saturated rings. The first-order chi connectivity index (χ1) is 8.04. The SMILES string of the molecule is Cc1ccc(/C(N)=N/O)c(SCCC(C)C)c1. The summed E-state index contributed by atoms with van der Waals surface area (Å²) in [6.45, 7) is 6.46. The van der Waals surface area contributed by atoms with Crippen molar-refractivity contribution < 1.29 is 5.21 Å². The normalized spacial score (nSPS) is 12.1. The molecule has 0 saturated carbocycles. The van der Waals surface area contributed by atoms with E-state index in [1.807, 2.05) is 19.1 Å². The number of hydrogen-bond acceptors (Lipinski definition) is 3. The Morgan fingerprint density at radius 3 is 2.76 bits per heavy atom. The number of aryl methyl sites for hydroxylation is 1. The van der Waals surface area contributed by atoms with Crippen LogP contribution in [0.5, 0.6) is 0 Å². The predicted octanol–water partition coefficient (Wildman–Crippen LogP) is 3.23. The van der Waals surface area contributed by atoms with Gasteiger partial charge < -0.3 is 10.9 Å². The molecule has 0 aliphatic rings. The summed E-state index contributed by atoms with van der Waals surface area (Å²) in [6, 6.07) is 5.96. The van der Waals surface area contributed by atoms with Gasteiger partial charge in [-0.3, -0.25) is 0 Å². The number of amidine groups is 1. The quantitative estimate of drug-likeness (QED) is 0.278. The highest BCUT2D eigenvalue weighted by Gasteiger charge is 2.08. The largest absolute Gasteiger partial charge is 0.409 e. The van der Waals surface area contributed by atoms with Crippen molar-refractivity contribution in [3.8, 4) is 0 Å². The first kappa shape index (κ1) is 13.9. The molecule has 0 bridgehead atoms. The van der Waals surface area contributed by atoms with Crippen LogP contribution < -0.4 is 5.73 Å². The van der Waals surface area contributed by atoms with Crippen molar-refractivity contribution in [2.45, 2.75) is 32.1 Å². The molecule has 0 atom stereocenters. The Bertz CT molecular complexity index is 402. The molecule has 0 spiro atoms. The molecule has 0 aliphatic carbocycles. The summed E-state index contributed by atoms with van der Waals surface area (Å²) in [4.78, 5) is 1.08. The summed E-state index contributed by atoms with van der Waals surface area (Å²) in [7, 11) is 0. The van der Waals surface area contributed by atoms with E-state index in [-0.39, 0.29) is 5.84 Å². The molecule has 1 rings (SSSR count). The first-order valence-corrected chi connectivity index (χ1v) is 6.74. The lowest BCUT2D eigenvalue weighted by molar-refractivity contribution is 0.318. The molecule has 0 aliphatic heterocycles. The van der Waals surface area contributed by atoms with Gasteiger partial charge in [0.25, 0.3) is 0 Å². The highest BCUT2D eigenvalue weighted by Crippen LogP contribution is 2.25. The van der Waals surface area contributed by atoms with Crippen molar-refractivity contribution in [1.29, 1.82) is 0 Å². The van der Waals surface area contributed by atoms with Crippen LogP contribution in [0, 0.1) is 12.8 Å². The third-order valence-electron chi connectivity index (χ3n) is 2.47. The maximum Gasteiger partial charge on any atom is 0.171 e. The van der Waals surface area contributed by atoms with Crippen LogP contribution in [0.4, 0.5) is 0 Å². The van der Waals surface area contributed by atoms with Gasteiger partial charge in [-0.05, 0) is 42.7 Å². The molecule has 0 radical (unpaired) electrons. The molecule has 3 nitrogen and oxygen atoms in total. The zero-order valence-corrected chi connectivity index (χ0v) is 11.4. The number of oxime groups is 1. The molecule has 1 aromatic rings. The zero-order valence-electron chi connectivity index (χ0n) is 10.6. The predicted molar refractivity (Wildman–Crippen MR) is 73.9 cm³/mol. The van der Waals surface area contributed by atoms with Gasteiger partial charge in [-0.25, -0.2) is 0 Å². The van der Waals surface area contributed by atoms with Gasteiger partial charge in [0, 0.05) is 10.5 Å². The summed E-state index contributed by atoms with van der Waals surface area (Å²) < 4.78 is 0. The highest BCUT2D eigenvalue weighted by molar-refractivity contribution is 7.99. The molecule has 4 heteroatoms.